The molecule has 1 heterocycles. The predicted octanol–water partition coefficient (Wildman–Crippen LogP) is 0.793. The van der Waals surface area contributed by atoms with E-state index < -0.39 is 21.4 Å². The summed E-state index contributed by atoms with van der Waals surface area (Å²) in [5, 5.41) is 0. The Morgan fingerprint density at radius 2 is 2.00 bits per heavy atom. The van der Waals surface area contributed by atoms with Crippen LogP contribution in [0, 0.1) is 0 Å². The van der Waals surface area contributed by atoms with E-state index in [0.717, 1.165) is 14.9 Å². The fraction of sp³-hybridized carbons (Fsp3) is 0.556. The standard InChI is InChI=1S/C6H7O.C3H9N.Sn/c1-2-6-4-3-5-7-6;1-4(2)3;/h3-4H,2H2,1H3;1-3H3;/q;;+1. The van der Waals surface area contributed by atoms with Gasteiger partial charge < -0.3 is 0 Å². The van der Waals surface area contributed by atoms with Crippen molar-refractivity contribution >= 4 is 25.2 Å². The Bertz CT molecular complexity index is 249. The van der Waals surface area contributed by atoms with Crippen molar-refractivity contribution in [2.75, 3.05) is 21.1 Å². The van der Waals surface area contributed by atoms with Gasteiger partial charge >= 0.3 is 84.7 Å². The predicted molar refractivity (Wildman–Crippen MR) is 51.5 cm³/mol. The van der Waals surface area contributed by atoms with E-state index in [4.69, 9.17) is 4.42 Å². The third kappa shape index (κ3) is 3.19. The van der Waals surface area contributed by atoms with E-state index in [0.29, 0.717) is 0 Å². The summed E-state index contributed by atoms with van der Waals surface area (Å²) in [5.41, 5.74) is 0. The Labute approximate surface area is 84.7 Å². The third-order valence-electron chi connectivity index (χ3n) is 1.46. The summed E-state index contributed by atoms with van der Waals surface area (Å²) in [5.74, 6) is 1.12. The quantitative estimate of drug-likeness (QED) is 0.742. The van der Waals surface area contributed by atoms with Crippen LogP contribution in [0.1, 0.15) is 12.7 Å². The molecular formula is C9H16NOSn+. The molecule has 0 aliphatic carbocycles. The van der Waals surface area contributed by atoms with Gasteiger partial charge in [0.2, 0.25) is 0 Å². The minimum absolute atomic E-state index is 0.571. The molecule has 2 radical (unpaired) electrons. The molecule has 12 heavy (non-hydrogen) atoms. The zero-order valence-corrected chi connectivity index (χ0v) is 11.1. The molecule has 0 fully saturated rings. The molecule has 0 saturated carbocycles. The number of hydrogen-bond donors (Lipinski definition) is 0. The Hall–Kier alpha value is 0.0387. The molecule has 0 aliphatic heterocycles. The topological polar surface area (TPSA) is 13.1 Å². The van der Waals surface area contributed by atoms with Crippen molar-refractivity contribution in [3.05, 3.63) is 17.9 Å². The number of nitrogens with zero attached hydrogens (tertiary/aromatic N) is 1. The van der Waals surface area contributed by atoms with Crippen molar-refractivity contribution in [3.63, 3.8) is 0 Å². The van der Waals surface area contributed by atoms with Gasteiger partial charge in [-0.2, -0.15) is 0 Å². The van der Waals surface area contributed by atoms with E-state index in [-0.39, 0.29) is 0 Å². The van der Waals surface area contributed by atoms with Crippen molar-refractivity contribution in [2.24, 2.45) is 0 Å². The van der Waals surface area contributed by atoms with E-state index >= 15 is 0 Å². The second kappa shape index (κ2) is 3.83. The fourth-order valence-electron chi connectivity index (χ4n) is 0.959. The molecule has 0 atom stereocenters. The first kappa shape index (κ1) is 10.1. The van der Waals surface area contributed by atoms with Gasteiger partial charge in [-0.3, -0.25) is 0 Å². The normalized spacial score (nSPS) is 12.0. The summed E-state index contributed by atoms with van der Waals surface area (Å²) in [6.45, 7) is 2.12. The SMILES string of the molecule is CCc1cc[c]([Sn][N+](C)(C)C)o1. The second-order valence-corrected chi connectivity index (χ2v) is 9.62. The second-order valence-electron chi connectivity index (χ2n) is 3.74. The van der Waals surface area contributed by atoms with E-state index in [9.17, 15) is 0 Å². The van der Waals surface area contributed by atoms with Gasteiger partial charge in [0.05, 0.1) is 0 Å². The van der Waals surface area contributed by atoms with Gasteiger partial charge in [-0.15, -0.1) is 0 Å². The number of hydrogen-bond acceptors (Lipinski definition) is 1. The van der Waals surface area contributed by atoms with Crippen LogP contribution < -0.4 is 3.78 Å². The van der Waals surface area contributed by atoms with Crippen molar-refractivity contribution in [3.8, 4) is 0 Å². The minimum atomic E-state index is -0.571. The van der Waals surface area contributed by atoms with Crippen LogP contribution in [0.25, 0.3) is 0 Å². The maximum absolute atomic E-state index is 5.67. The summed E-state index contributed by atoms with van der Waals surface area (Å²) in [4.78, 5) is 0. The molecule has 1 aromatic heterocycles. The van der Waals surface area contributed by atoms with Gasteiger partial charge in [-0.05, 0) is 0 Å². The van der Waals surface area contributed by atoms with Crippen LogP contribution in [-0.4, -0.2) is 45.3 Å². The van der Waals surface area contributed by atoms with Gasteiger partial charge in [-0.1, -0.05) is 0 Å². The molecule has 0 N–H and O–H groups in total. The van der Waals surface area contributed by atoms with Crippen molar-refractivity contribution in [2.45, 2.75) is 13.3 Å². The van der Waals surface area contributed by atoms with E-state index in [1.54, 1.807) is 0 Å². The molecule has 1 rings (SSSR count). The first-order valence-corrected chi connectivity index (χ1v) is 6.90. The van der Waals surface area contributed by atoms with Gasteiger partial charge in [0.25, 0.3) is 0 Å². The number of furan rings is 1. The maximum atomic E-state index is 5.67. The van der Waals surface area contributed by atoms with Crippen LogP contribution in [0.4, 0.5) is 0 Å². The molecule has 0 spiro atoms. The number of quaternary nitrogens is 1. The molecule has 0 unspecified atom stereocenters. The Kier molecular flexibility index (Phi) is 3.23. The molecule has 1 aromatic rings. The molecule has 66 valence electrons. The van der Waals surface area contributed by atoms with Gasteiger partial charge in [0, 0.05) is 0 Å². The Balaban J connectivity index is 2.64. The average molecular weight is 273 g/mol. The van der Waals surface area contributed by atoms with Crippen LogP contribution >= 0.6 is 0 Å². The number of aryl methyl sites for hydroxylation is 1. The van der Waals surface area contributed by atoms with Crippen LogP contribution in [-0.2, 0) is 6.42 Å². The van der Waals surface area contributed by atoms with Gasteiger partial charge in [-0.25, -0.2) is 0 Å². The van der Waals surface area contributed by atoms with Crippen LogP contribution in [0.15, 0.2) is 16.5 Å². The summed E-state index contributed by atoms with van der Waals surface area (Å²) in [6, 6.07) is 4.25. The monoisotopic (exact) mass is 274 g/mol. The molecule has 0 bridgehead atoms. The van der Waals surface area contributed by atoms with Crippen LogP contribution in [0.5, 0.6) is 0 Å². The van der Waals surface area contributed by atoms with Gasteiger partial charge in [0.1, 0.15) is 0 Å². The average Bonchev–Trinajstić information content (AvgIpc) is 2.32. The summed E-state index contributed by atoms with van der Waals surface area (Å²) >= 11 is -0.571. The molecule has 0 aliphatic rings. The summed E-state index contributed by atoms with van der Waals surface area (Å²) in [7, 11) is 6.71. The first-order valence-electron chi connectivity index (χ1n) is 4.19. The Morgan fingerprint density at radius 1 is 1.33 bits per heavy atom. The van der Waals surface area contributed by atoms with Crippen molar-refractivity contribution in [1.29, 1.82) is 0 Å². The first-order chi connectivity index (χ1) is 5.51. The third-order valence-corrected chi connectivity index (χ3v) is 4.77. The van der Waals surface area contributed by atoms with E-state index in [1.807, 2.05) is 0 Å². The van der Waals surface area contributed by atoms with Crippen LogP contribution in [0.3, 0.4) is 0 Å². The molecule has 0 aromatic carbocycles. The molecule has 0 amide bonds. The molecule has 2 nitrogen and oxygen atoms in total. The van der Waals surface area contributed by atoms with E-state index in [2.05, 4.69) is 40.2 Å². The summed E-state index contributed by atoms with van der Waals surface area (Å²) < 4.78 is 8.00. The molecular weight excluding hydrogens is 257 g/mol. The zero-order chi connectivity index (χ0) is 9.19. The number of rotatable bonds is 3. The van der Waals surface area contributed by atoms with Gasteiger partial charge in [0.15, 0.2) is 0 Å². The van der Waals surface area contributed by atoms with Crippen molar-refractivity contribution in [1.82, 2.24) is 0 Å². The summed E-state index contributed by atoms with van der Waals surface area (Å²) in [6.07, 6.45) is 1.01. The Morgan fingerprint density at radius 3 is 2.42 bits per heavy atom. The van der Waals surface area contributed by atoms with E-state index in [1.165, 1.54) is 3.78 Å². The molecule has 3 heteroatoms. The van der Waals surface area contributed by atoms with Crippen LogP contribution in [0.2, 0.25) is 0 Å². The molecule has 0 saturated heterocycles. The van der Waals surface area contributed by atoms with Crippen molar-refractivity contribution < 1.29 is 7.12 Å². The fourth-order valence-corrected chi connectivity index (χ4v) is 3.80. The zero-order valence-electron chi connectivity index (χ0n) is 8.22.